The van der Waals surface area contributed by atoms with Crippen LogP contribution in [-0.2, 0) is 4.74 Å². The Kier molecular flexibility index (Phi) is 5.30. The van der Waals surface area contributed by atoms with Gasteiger partial charge < -0.3 is 19.9 Å². The van der Waals surface area contributed by atoms with E-state index in [1.165, 1.54) is 12.1 Å². The van der Waals surface area contributed by atoms with Gasteiger partial charge in [0.2, 0.25) is 0 Å². The van der Waals surface area contributed by atoms with Crippen molar-refractivity contribution in [2.24, 2.45) is 0 Å². The second-order valence-electron chi connectivity index (χ2n) is 5.81. The quantitative estimate of drug-likeness (QED) is 0.843. The molecule has 1 atom stereocenters. The highest BCUT2D eigenvalue weighted by atomic mass is 16.5. The highest BCUT2D eigenvalue weighted by Crippen LogP contribution is 2.17. The van der Waals surface area contributed by atoms with Crippen molar-refractivity contribution < 1.29 is 24.2 Å². The fourth-order valence-electron chi connectivity index (χ4n) is 2.57. The Bertz CT molecular complexity index is 733. The maximum absolute atomic E-state index is 12.2. The molecule has 1 saturated heterocycles. The number of carbonyl (C=O) groups excluding carboxylic acids is 1. The first-order chi connectivity index (χ1) is 12.1. The van der Waals surface area contributed by atoms with E-state index in [-0.39, 0.29) is 17.6 Å². The molecule has 1 unspecified atom stereocenters. The number of hydrogen-bond donors (Lipinski definition) is 2. The van der Waals surface area contributed by atoms with Crippen LogP contribution in [0.4, 0.5) is 5.69 Å². The Balaban J connectivity index is 1.55. The third kappa shape index (κ3) is 4.58. The number of carboxylic acid groups (broad SMARTS) is 1. The first-order valence-corrected chi connectivity index (χ1v) is 8.11. The summed E-state index contributed by atoms with van der Waals surface area (Å²) in [5, 5.41) is 11.6. The second-order valence-corrected chi connectivity index (χ2v) is 5.81. The molecule has 0 aliphatic carbocycles. The standard InChI is InChI=1S/C19H19NO5/c21-18(20-15-7-3-14(4-8-15)19(22)23)13-5-9-16(10-6-13)25-12-17-2-1-11-24-17/h3-10,17H,1-2,11-12H2,(H,20,21)(H,22,23). The Morgan fingerprint density at radius 3 is 2.36 bits per heavy atom. The van der Waals surface area contributed by atoms with E-state index in [4.69, 9.17) is 14.6 Å². The van der Waals surface area contributed by atoms with Crippen LogP contribution in [0.25, 0.3) is 0 Å². The second kappa shape index (κ2) is 7.81. The lowest BCUT2D eigenvalue weighted by atomic mass is 10.1. The molecule has 25 heavy (non-hydrogen) atoms. The lowest BCUT2D eigenvalue weighted by molar-refractivity contribution is 0.0679. The van der Waals surface area contributed by atoms with E-state index in [2.05, 4.69) is 5.32 Å². The molecule has 0 saturated carbocycles. The molecule has 0 spiro atoms. The molecular weight excluding hydrogens is 322 g/mol. The summed E-state index contributed by atoms with van der Waals surface area (Å²) >= 11 is 0. The van der Waals surface area contributed by atoms with Crippen molar-refractivity contribution in [3.05, 3.63) is 59.7 Å². The van der Waals surface area contributed by atoms with Gasteiger partial charge in [-0.3, -0.25) is 4.79 Å². The minimum Gasteiger partial charge on any atom is -0.491 e. The highest BCUT2D eigenvalue weighted by Gasteiger charge is 2.16. The fourth-order valence-corrected chi connectivity index (χ4v) is 2.57. The van der Waals surface area contributed by atoms with Gasteiger partial charge in [-0.25, -0.2) is 4.79 Å². The number of carboxylic acids is 1. The van der Waals surface area contributed by atoms with Crippen LogP contribution in [0.15, 0.2) is 48.5 Å². The predicted octanol–water partition coefficient (Wildman–Crippen LogP) is 3.19. The largest absolute Gasteiger partial charge is 0.491 e. The smallest absolute Gasteiger partial charge is 0.335 e. The number of rotatable bonds is 6. The zero-order valence-corrected chi connectivity index (χ0v) is 13.6. The van der Waals surface area contributed by atoms with Gasteiger partial charge in [-0.1, -0.05) is 0 Å². The third-order valence-corrected chi connectivity index (χ3v) is 3.97. The Morgan fingerprint density at radius 2 is 1.76 bits per heavy atom. The Labute approximate surface area is 145 Å². The van der Waals surface area contributed by atoms with Gasteiger partial charge in [0.1, 0.15) is 12.4 Å². The minimum absolute atomic E-state index is 0.150. The van der Waals surface area contributed by atoms with Gasteiger partial charge in [0.05, 0.1) is 11.7 Å². The maximum atomic E-state index is 12.2. The van der Waals surface area contributed by atoms with E-state index in [1.807, 2.05) is 0 Å². The molecule has 0 bridgehead atoms. The van der Waals surface area contributed by atoms with Crippen LogP contribution < -0.4 is 10.1 Å². The number of ether oxygens (including phenoxy) is 2. The van der Waals surface area contributed by atoms with E-state index in [0.29, 0.717) is 23.6 Å². The summed E-state index contributed by atoms with van der Waals surface area (Å²) in [7, 11) is 0. The summed E-state index contributed by atoms with van der Waals surface area (Å²) in [6, 6.07) is 12.9. The number of benzene rings is 2. The Morgan fingerprint density at radius 1 is 1.08 bits per heavy atom. The highest BCUT2D eigenvalue weighted by molar-refractivity contribution is 6.04. The number of nitrogens with one attached hydrogen (secondary N) is 1. The molecule has 1 amide bonds. The van der Waals surface area contributed by atoms with Crippen molar-refractivity contribution in [2.75, 3.05) is 18.5 Å². The molecule has 0 aromatic heterocycles. The topological polar surface area (TPSA) is 84.9 Å². The van der Waals surface area contributed by atoms with Crippen molar-refractivity contribution >= 4 is 17.6 Å². The molecule has 1 fully saturated rings. The summed E-state index contributed by atoms with van der Waals surface area (Å²) in [6.45, 7) is 1.31. The molecule has 130 valence electrons. The van der Waals surface area contributed by atoms with Crippen LogP contribution in [0.2, 0.25) is 0 Å². The number of amides is 1. The van der Waals surface area contributed by atoms with Crippen LogP contribution in [0.1, 0.15) is 33.6 Å². The molecule has 1 aliphatic rings. The molecule has 3 rings (SSSR count). The molecule has 6 heteroatoms. The number of anilines is 1. The molecule has 2 aromatic rings. The lowest BCUT2D eigenvalue weighted by Gasteiger charge is -2.12. The van der Waals surface area contributed by atoms with Crippen molar-refractivity contribution in [2.45, 2.75) is 18.9 Å². The number of hydrogen-bond acceptors (Lipinski definition) is 4. The fraction of sp³-hybridized carbons (Fsp3) is 0.263. The zero-order chi connectivity index (χ0) is 17.6. The first kappa shape index (κ1) is 17.0. The molecule has 6 nitrogen and oxygen atoms in total. The van der Waals surface area contributed by atoms with Gasteiger partial charge >= 0.3 is 5.97 Å². The number of aromatic carboxylic acids is 1. The molecule has 2 aromatic carbocycles. The van der Waals surface area contributed by atoms with E-state index < -0.39 is 5.97 Å². The summed E-state index contributed by atoms with van der Waals surface area (Å²) in [6.07, 6.45) is 2.23. The van der Waals surface area contributed by atoms with Gasteiger partial charge in [-0.05, 0) is 61.4 Å². The first-order valence-electron chi connectivity index (χ1n) is 8.11. The van der Waals surface area contributed by atoms with Crippen LogP contribution >= 0.6 is 0 Å². The van der Waals surface area contributed by atoms with E-state index in [0.717, 1.165) is 19.4 Å². The van der Waals surface area contributed by atoms with Crippen molar-refractivity contribution in [3.63, 3.8) is 0 Å². The van der Waals surface area contributed by atoms with Gasteiger partial charge in [-0.15, -0.1) is 0 Å². The van der Waals surface area contributed by atoms with Crippen LogP contribution in [-0.4, -0.2) is 36.3 Å². The van der Waals surface area contributed by atoms with Crippen LogP contribution in [0.3, 0.4) is 0 Å². The van der Waals surface area contributed by atoms with E-state index in [9.17, 15) is 9.59 Å². The van der Waals surface area contributed by atoms with Crippen molar-refractivity contribution in [3.8, 4) is 5.75 Å². The summed E-state index contributed by atoms with van der Waals surface area (Å²) in [5.41, 5.74) is 1.20. The average Bonchev–Trinajstić information content (AvgIpc) is 3.14. The summed E-state index contributed by atoms with van der Waals surface area (Å²) in [5.74, 6) is -0.580. The summed E-state index contributed by atoms with van der Waals surface area (Å²) < 4.78 is 11.2. The normalized spacial score (nSPS) is 16.4. The zero-order valence-electron chi connectivity index (χ0n) is 13.6. The molecule has 1 heterocycles. The monoisotopic (exact) mass is 341 g/mol. The lowest BCUT2D eigenvalue weighted by Crippen LogP contribution is -2.16. The van der Waals surface area contributed by atoms with Gasteiger partial charge in [0.15, 0.2) is 0 Å². The van der Waals surface area contributed by atoms with Crippen LogP contribution in [0.5, 0.6) is 5.75 Å². The number of carbonyl (C=O) groups is 2. The Hall–Kier alpha value is -2.86. The van der Waals surface area contributed by atoms with Gasteiger partial charge in [-0.2, -0.15) is 0 Å². The minimum atomic E-state index is -1.00. The van der Waals surface area contributed by atoms with Crippen molar-refractivity contribution in [1.82, 2.24) is 0 Å². The van der Waals surface area contributed by atoms with Crippen LogP contribution in [0, 0.1) is 0 Å². The molecule has 0 radical (unpaired) electrons. The maximum Gasteiger partial charge on any atom is 0.335 e. The van der Waals surface area contributed by atoms with Crippen molar-refractivity contribution in [1.29, 1.82) is 0 Å². The third-order valence-electron chi connectivity index (χ3n) is 3.97. The predicted molar refractivity (Wildman–Crippen MR) is 92.3 cm³/mol. The molecule has 1 aliphatic heterocycles. The summed E-state index contributed by atoms with van der Waals surface area (Å²) in [4.78, 5) is 23.0. The van der Waals surface area contributed by atoms with E-state index in [1.54, 1.807) is 36.4 Å². The molecule has 2 N–H and O–H groups in total. The SMILES string of the molecule is O=C(O)c1ccc(NC(=O)c2ccc(OCC3CCCO3)cc2)cc1. The van der Waals surface area contributed by atoms with E-state index >= 15 is 0 Å². The van der Waals surface area contributed by atoms with Gasteiger partial charge in [0, 0.05) is 17.9 Å². The van der Waals surface area contributed by atoms with Gasteiger partial charge in [0.25, 0.3) is 5.91 Å². The average molecular weight is 341 g/mol. The molecular formula is C19H19NO5.